The maximum Gasteiger partial charge on any atom is 0.309 e. The number of carbonyl (C=O) groups is 1. The fourth-order valence-electron chi connectivity index (χ4n) is 1.33. The smallest absolute Gasteiger partial charge is 0.309 e. The molecule has 3 N–H and O–H groups in total. The maximum atomic E-state index is 12.8. The van der Waals surface area contributed by atoms with Crippen LogP contribution in [0.25, 0.3) is 0 Å². The highest BCUT2D eigenvalue weighted by Crippen LogP contribution is 2.30. The Kier molecular flexibility index (Phi) is 4.31. The summed E-state index contributed by atoms with van der Waals surface area (Å²) in [5.41, 5.74) is 5.01. The van der Waals surface area contributed by atoms with Gasteiger partial charge in [-0.3, -0.25) is 9.78 Å². The highest BCUT2D eigenvalue weighted by molar-refractivity contribution is 9.10. The fraction of sp³-hybridized carbons (Fsp3) is 0.333. The van der Waals surface area contributed by atoms with Gasteiger partial charge < -0.3 is 10.8 Å². The van der Waals surface area contributed by atoms with Crippen LogP contribution in [0.1, 0.15) is 23.2 Å². The molecule has 0 aromatic carbocycles. The Morgan fingerprint density at radius 1 is 1.62 bits per heavy atom. The van der Waals surface area contributed by atoms with E-state index in [9.17, 15) is 13.6 Å². The third-order valence-corrected chi connectivity index (χ3v) is 2.68. The molecule has 0 unspecified atom stereocenters. The first-order valence-electron chi connectivity index (χ1n) is 4.33. The van der Waals surface area contributed by atoms with Crippen LogP contribution in [0.3, 0.4) is 0 Å². The summed E-state index contributed by atoms with van der Waals surface area (Å²) in [5.74, 6) is -1.21. The van der Waals surface area contributed by atoms with Crippen LogP contribution in [0.5, 0.6) is 0 Å². The minimum absolute atomic E-state index is 0.102. The van der Waals surface area contributed by atoms with E-state index < -0.39 is 18.8 Å². The van der Waals surface area contributed by atoms with E-state index in [1.54, 1.807) is 0 Å². The zero-order valence-electron chi connectivity index (χ0n) is 8.08. The molecular formula is C9H9BrF2N2O2. The van der Waals surface area contributed by atoms with Gasteiger partial charge in [-0.1, -0.05) is 0 Å². The second-order valence-corrected chi connectivity index (χ2v) is 3.87. The van der Waals surface area contributed by atoms with Gasteiger partial charge in [0, 0.05) is 22.8 Å². The van der Waals surface area contributed by atoms with Crippen molar-refractivity contribution >= 4 is 21.9 Å². The van der Waals surface area contributed by atoms with Crippen LogP contribution in [-0.2, 0) is 17.8 Å². The number of nitrogens with two attached hydrogens (primary N) is 1. The zero-order chi connectivity index (χ0) is 12.3. The Balaban J connectivity index is 3.32. The molecule has 88 valence electrons. The van der Waals surface area contributed by atoms with Crippen LogP contribution in [0.15, 0.2) is 10.7 Å². The van der Waals surface area contributed by atoms with E-state index in [0.717, 1.165) is 0 Å². The average Bonchev–Trinajstić information content (AvgIpc) is 2.18. The van der Waals surface area contributed by atoms with E-state index in [-0.39, 0.29) is 23.4 Å². The molecule has 1 rings (SSSR count). The Labute approximate surface area is 98.6 Å². The predicted molar refractivity (Wildman–Crippen MR) is 56.1 cm³/mol. The normalized spacial score (nSPS) is 10.8. The number of rotatable bonds is 4. The second-order valence-electron chi connectivity index (χ2n) is 3.02. The average molecular weight is 295 g/mol. The molecule has 16 heavy (non-hydrogen) atoms. The summed E-state index contributed by atoms with van der Waals surface area (Å²) in [6.07, 6.45) is -2.05. The van der Waals surface area contributed by atoms with Gasteiger partial charge in [0.1, 0.15) is 0 Å². The van der Waals surface area contributed by atoms with Crippen LogP contribution >= 0.6 is 15.9 Å². The highest BCUT2D eigenvalue weighted by Gasteiger charge is 2.21. The Morgan fingerprint density at radius 3 is 2.69 bits per heavy atom. The quantitative estimate of drug-likeness (QED) is 0.889. The van der Waals surface area contributed by atoms with Crippen molar-refractivity contribution in [3.63, 3.8) is 0 Å². The van der Waals surface area contributed by atoms with E-state index in [2.05, 4.69) is 20.9 Å². The van der Waals surface area contributed by atoms with E-state index in [1.807, 2.05) is 0 Å². The lowest BCUT2D eigenvalue weighted by molar-refractivity contribution is -0.136. The van der Waals surface area contributed by atoms with Gasteiger partial charge in [-0.05, 0) is 21.5 Å². The van der Waals surface area contributed by atoms with Crippen molar-refractivity contribution in [1.29, 1.82) is 0 Å². The standard InChI is InChI=1S/C9H9BrF2N2O2/c10-5-3-14-6(1-7(15)16)8(9(11)12)4(5)2-13/h3,9H,1-2,13H2,(H,15,16). The van der Waals surface area contributed by atoms with Crippen molar-refractivity contribution in [3.05, 3.63) is 27.5 Å². The Morgan fingerprint density at radius 2 is 2.25 bits per heavy atom. The van der Waals surface area contributed by atoms with Gasteiger partial charge in [0.25, 0.3) is 6.43 Å². The van der Waals surface area contributed by atoms with Crippen molar-refractivity contribution in [2.75, 3.05) is 0 Å². The SMILES string of the molecule is NCc1c(Br)cnc(CC(=O)O)c1C(F)F. The zero-order valence-corrected chi connectivity index (χ0v) is 9.67. The molecule has 0 saturated heterocycles. The summed E-state index contributed by atoms with van der Waals surface area (Å²) < 4.78 is 26.0. The molecule has 1 heterocycles. The van der Waals surface area contributed by atoms with Gasteiger partial charge in [-0.2, -0.15) is 0 Å². The van der Waals surface area contributed by atoms with Crippen molar-refractivity contribution < 1.29 is 18.7 Å². The monoisotopic (exact) mass is 294 g/mol. The van der Waals surface area contributed by atoms with Gasteiger partial charge in [0.2, 0.25) is 0 Å². The molecule has 0 atom stereocenters. The van der Waals surface area contributed by atoms with E-state index in [0.29, 0.717) is 4.47 Å². The maximum absolute atomic E-state index is 12.8. The van der Waals surface area contributed by atoms with Gasteiger partial charge >= 0.3 is 5.97 Å². The van der Waals surface area contributed by atoms with Crippen LogP contribution in [0.4, 0.5) is 8.78 Å². The molecule has 7 heteroatoms. The summed E-state index contributed by atoms with van der Waals surface area (Å²) in [6.45, 7) is -0.102. The predicted octanol–water partition coefficient (Wildman–Crippen LogP) is 1.87. The fourth-order valence-corrected chi connectivity index (χ4v) is 1.81. The lowest BCUT2D eigenvalue weighted by Crippen LogP contribution is -2.12. The molecule has 0 amide bonds. The molecule has 0 aliphatic carbocycles. The molecule has 1 aromatic heterocycles. The van der Waals surface area contributed by atoms with Crippen molar-refractivity contribution in [1.82, 2.24) is 4.98 Å². The minimum atomic E-state index is -2.79. The first-order valence-corrected chi connectivity index (χ1v) is 5.12. The lowest BCUT2D eigenvalue weighted by atomic mass is 10.0. The third kappa shape index (κ3) is 2.73. The first kappa shape index (κ1) is 13.0. The van der Waals surface area contributed by atoms with Crippen molar-refractivity contribution in [2.24, 2.45) is 5.73 Å². The van der Waals surface area contributed by atoms with Gasteiger partial charge in [-0.25, -0.2) is 8.78 Å². The molecule has 0 spiro atoms. The number of alkyl halides is 2. The molecule has 4 nitrogen and oxygen atoms in total. The molecule has 0 saturated carbocycles. The molecule has 0 radical (unpaired) electrons. The summed E-state index contributed by atoms with van der Waals surface area (Å²) in [6, 6.07) is 0. The largest absolute Gasteiger partial charge is 0.481 e. The Hall–Kier alpha value is -1.08. The molecule has 0 fully saturated rings. The van der Waals surface area contributed by atoms with E-state index >= 15 is 0 Å². The molecule has 1 aromatic rings. The summed E-state index contributed by atoms with van der Waals surface area (Å²) in [4.78, 5) is 14.2. The number of aromatic nitrogens is 1. The molecule has 0 bridgehead atoms. The first-order chi connectivity index (χ1) is 7.47. The summed E-state index contributed by atoms with van der Waals surface area (Å²) >= 11 is 3.05. The van der Waals surface area contributed by atoms with Crippen molar-refractivity contribution in [3.8, 4) is 0 Å². The van der Waals surface area contributed by atoms with Crippen molar-refractivity contribution in [2.45, 2.75) is 19.4 Å². The summed E-state index contributed by atoms with van der Waals surface area (Å²) in [7, 11) is 0. The number of halogens is 3. The van der Waals surface area contributed by atoms with Crippen LogP contribution < -0.4 is 5.73 Å². The van der Waals surface area contributed by atoms with Crippen LogP contribution in [0, 0.1) is 0 Å². The molecular weight excluding hydrogens is 286 g/mol. The number of pyridine rings is 1. The van der Waals surface area contributed by atoms with Crippen LogP contribution in [-0.4, -0.2) is 16.1 Å². The van der Waals surface area contributed by atoms with Gasteiger partial charge in [0.05, 0.1) is 12.1 Å². The Bertz CT molecular complexity index is 413. The second kappa shape index (κ2) is 5.31. The minimum Gasteiger partial charge on any atom is -0.481 e. The number of carboxylic acids is 1. The molecule has 0 aliphatic heterocycles. The van der Waals surface area contributed by atoms with Crippen LogP contribution in [0.2, 0.25) is 0 Å². The number of aliphatic carboxylic acids is 1. The van der Waals surface area contributed by atoms with E-state index in [4.69, 9.17) is 10.8 Å². The van der Waals surface area contributed by atoms with Gasteiger partial charge in [0.15, 0.2) is 0 Å². The van der Waals surface area contributed by atoms with E-state index in [1.165, 1.54) is 6.20 Å². The highest BCUT2D eigenvalue weighted by atomic mass is 79.9. The number of carboxylic acid groups (broad SMARTS) is 1. The lowest BCUT2D eigenvalue weighted by Gasteiger charge is -2.12. The topological polar surface area (TPSA) is 76.2 Å². The third-order valence-electron chi connectivity index (χ3n) is 2.00. The number of hydrogen-bond donors (Lipinski definition) is 2. The number of hydrogen-bond acceptors (Lipinski definition) is 3. The van der Waals surface area contributed by atoms with Gasteiger partial charge in [-0.15, -0.1) is 0 Å². The molecule has 0 aliphatic rings. The number of nitrogens with zero attached hydrogens (tertiary/aromatic N) is 1. The summed E-state index contributed by atoms with van der Waals surface area (Å²) in [5, 5.41) is 8.58.